The SMILES string of the molecule is C[C@H]1CCCCN1CC[C@H]1CCCCN1. The molecular weight excluding hydrogens is 184 g/mol. The molecule has 0 spiro atoms. The van der Waals surface area contributed by atoms with E-state index in [0.29, 0.717) is 0 Å². The number of hydrogen-bond donors (Lipinski definition) is 1. The summed E-state index contributed by atoms with van der Waals surface area (Å²) in [5.41, 5.74) is 0. The number of nitrogens with zero attached hydrogens (tertiary/aromatic N) is 1. The normalized spacial score (nSPS) is 34.2. The number of hydrogen-bond acceptors (Lipinski definition) is 2. The summed E-state index contributed by atoms with van der Waals surface area (Å²) in [6.45, 7) is 6.31. The second kappa shape index (κ2) is 5.86. The lowest BCUT2D eigenvalue weighted by Crippen LogP contribution is -2.42. The van der Waals surface area contributed by atoms with Gasteiger partial charge in [-0.1, -0.05) is 12.8 Å². The highest BCUT2D eigenvalue weighted by molar-refractivity contribution is 4.77. The van der Waals surface area contributed by atoms with Crippen molar-refractivity contribution in [3.8, 4) is 0 Å². The van der Waals surface area contributed by atoms with Gasteiger partial charge in [0.1, 0.15) is 0 Å². The standard InChI is InChI=1S/C13H26N2/c1-12-6-3-5-10-15(12)11-8-13-7-2-4-9-14-13/h12-14H,2-11H2,1H3/t12-,13+/m0/s1. The molecule has 88 valence electrons. The molecule has 2 atom stereocenters. The van der Waals surface area contributed by atoms with Gasteiger partial charge in [0.25, 0.3) is 0 Å². The highest BCUT2D eigenvalue weighted by Gasteiger charge is 2.19. The van der Waals surface area contributed by atoms with Crippen molar-refractivity contribution in [2.45, 2.75) is 64.0 Å². The molecule has 15 heavy (non-hydrogen) atoms. The Balaban J connectivity index is 1.67. The van der Waals surface area contributed by atoms with Gasteiger partial charge in [-0.05, 0) is 58.7 Å². The molecule has 2 nitrogen and oxygen atoms in total. The predicted octanol–water partition coefficient (Wildman–Crippen LogP) is 2.39. The monoisotopic (exact) mass is 210 g/mol. The molecule has 2 saturated heterocycles. The third kappa shape index (κ3) is 3.46. The van der Waals surface area contributed by atoms with Crippen molar-refractivity contribution in [2.24, 2.45) is 0 Å². The first-order chi connectivity index (χ1) is 7.36. The van der Waals surface area contributed by atoms with Crippen LogP contribution in [0.3, 0.4) is 0 Å². The van der Waals surface area contributed by atoms with Crippen LogP contribution >= 0.6 is 0 Å². The highest BCUT2D eigenvalue weighted by Crippen LogP contribution is 2.18. The Morgan fingerprint density at radius 2 is 2.00 bits per heavy atom. The van der Waals surface area contributed by atoms with Gasteiger partial charge in [0.15, 0.2) is 0 Å². The molecule has 0 aliphatic carbocycles. The van der Waals surface area contributed by atoms with Crippen molar-refractivity contribution in [1.29, 1.82) is 0 Å². The molecule has 2 fully saturated rings. The molecule has 0 saturated carbocycles. The van der Waals surface area contributed by atoms with E-state index in [1.54, 1.807) is 0 Å². The predicted molar refractivity (Wildman–Crippen MR) is 65.1 cm³/mol. The van der Waals surface area contributed by atoms with Crippen molar-refractivity contribution < 1.29 is 0 Å². The molecular formula is C13H26N2. The second-order valence-corrected chi connectivity index (χ2v) is 5.32. The maximum atomic E-state index is 3.65. The zero-order valence-corrected chi connectivity index (χ0v) is 10.2. The summed E-state index contributed by atoms with van der Waals surface area (Å²) in [5, 5.41) is 3.65. The Kier molecular flexibility index (Phi) is 4.45. The first-order valence-electron chi connectivity index (χ1n) is 6.83. The molecule has 0 bridgehead atoms. The lowest BCUT2D eigenvalue weighted by atomic mass is 9.99. The Labute approximate surface area is 94.4 Å². The average molecular weight is 210 g/mol. The number of likely N-dealkylation sites (tertiary alicyclic amines) is 1. The van der Waals surface area contributed by atoms with Crippen LogP contribution in [-0.4, -0.2) is 36.6 Å². The number of nitrogens with one attached hydrogen (secondary N) is 1. The summed E-state index contributed by atoms with van der Waals surface area (Å²) in [6, 6.07) is 1.65. The minimum Gasteiger partial charge on any atom is -0.314 e. The molecule has 0 unspecified atom stereocenters. The van der Waals surface area contributed by atoms with Crippen LogP contribution in [0.2, 0.25) is 0 Å². The first kappa shape index (κ1) is 11.4. The van der Waals surface area contributed by atoms with E-state index in [-0.39, 0.29) is 0 Å². The summed E-state index contributed by atoms with van der Waals surface area (Å²) in [4.78, 5) is 2.69. The van der Waals surface area contributed by atoms with E-state index < -0.39 is 0 Å². The average Bonchev–Trinajstić information content (AvgIpc) is 2.29. The summed E-state index contributed by atoms with van der Waals surface area (Å²) in [6.07, 6.45) is 9.87. The van der Waals surface area contributed by atoms with E-state index in [1.165, 1.54) is 64.6 Å². The Hall–Kier alpha value is -0.0800. The fourth-order valence-corrected chi connectivity index (χ4v) is 2.98. The van der Waals surface area contributed by atoms with Crippen LogP contribution in [0, 0.1) is 0 Å². The van der Waals surface area contributed by atoms with Gasteiger partial charge in [0.2, 0.25) is 0 Å². The third-order valence-corrected chi connectivity index (χ3v) is 4.12. The van der Waals surface area contributed by atoms with Gasteiger partial charge in [-0.25, -0.2) is 0 Å². The van der Waals surface area contributed by atoms with E-state index in [0.717, 1.165) is 12.1 Å². The molecule has 0 aromatic rings. The smallest absolute Gasteiger partial charge is 0.00792 e. The van der Waals surface area contributed by atoms with E-state index in [9.17, 15) is 0 Å². The summed E-state index contributed by atoms with van der Waals surface area (Å²) >= 11 is 0. The second-order valence-electron chi connectivity index (χ2n) is 5.32. The quantitative estimate of drug-likeness (QED) is 0.769. The van der Waals surface area contributed by atoms with Crippen molar-refractivity contribution in [3.63, 3.8) is 0 Å². The Bertz CT molecular complexity index is 175. The molecule has 2 heteroatoms. The summed E-state index contributed by atoms with van der Waals surface area (Å²) in [7, 11) is 0. The van der Waals surface area contributed by atoms with E-state index in [2.05, 4.69) is 17.1 Å². The Morgan fingerprint density at radius 3 is 2.73 bits per heavy atom. The number of rotatable bonds is 3. The molecule has 2 aliphatic rings. The van der Waals surface area contributed by atoms with Crippen LogP contribution in [0.1, 0.15) is 51.9 Å². The van der Waals surface area contributed by atoms with Gasteiger partial charge >= 0.3 is 0 Å². The lowest BCUT2D eigenvalue weighted by molar-refractivity contribution is 0.150. The van der Waals surface area contributed by atoms with Gasteiger partial charge in [-0.15, -0.1) is 0 Å². The molecule has 2 rings (SSSR count). The van der Waals surface area contributed by atoms with Crippen LogP contribution in [0.15, 0.2) is 0 Å². The van der Waals surface area contributed by atoms with Gasteiger partial charge < -0.3 is 10.2 Å². The Morgan fingerprint density at radius 1 is 1.13 bits per heavy atom. The van der Waals surface area contributed by atoms with Gasteiger partial charge in [0, 0.05) is 12.1 Å². The van der Waals surface area contributed by atoms with Crippen molar-refractivity contribution in [1.82, 2.24) is 10.2 Å². The van der Waals surface area contributed by atoms with Gasteiger partial charge in [-0.2, -0.15) is 0 Å². The zero-order valence-electron chi connectivity index (χ0n) is 10.2. The van der Waals surface area contributed by atoms with Gasteiger partial charge in [-0.3, -0.25) is 0 Å². The molecule has 2 aliphatic heterocycles. The zero-order chi connectivity index (χ0) is 10.5. The lowest BCUT2D eigenvalue weighted by Gasteiger charge is -2.35. The van der Waals surface area contributed by atoms with Crippen molar-refractivity contribution in [2.75, 3.05) is 19.6 Å². The highest BCUT2D eigenvalue weighted by atomic mass is 15.2. The minimum absolute atomic E-state index is 0.813. The topological polar surface area (TPSA) is 15.3 Å². The van der Waals surface area contributed by atoms with Crippen LogP contribution in [0.5, 0.6) is 0 Å². The largest absolute Gasteiger partial charge is 0.314 e. The molecule has 0 aromatic heterocycles. The molecule has 1 N–H and O–H groups in total. The first-order valence-corrected chi connectivity index (χ1v) is 6.83. The molecule has 0 aromatic carbocycles. The maximum Gasteiger partial charge on any atom is 0.00792 e. The molecule has 2 heterocycles. The summed E-state index contributed by atoms with van der Waals surface area (Å²) in [5.74, 6) is 0. The molecule has 0 radical (unpaired) electrons. The van der Waals surface area contributed by atoms with E-state index in [1.807, 2.05) is 0 Å². The third-order valence-electron chi connectivity index (χ3n) is 4.12. The van der Waals surface area contributed by atoms with Crippen LogP contribution < -0.4 is 5.32 Å². The minimum atomic E-state index is 0.813. The fourth-order valence-electron chi connectivity index (χ4n) is 2.98. The van der Waals surface area contributed by atoms with Crippen molar-refractivity contribution >= 4 is 0 Å². The summed E-state index contributed by atoms with van der Waals surface area (Å²) < 4.78 is 0. The number of piperidine rings is 2. The van der Waals surface area contributed by atoms with Crippen molar-refractivity contribution in [3.05, 3.63) is 0 Å². The van der Waals surface area contributed by atoms with E-state index >= 15 is 0 Å². The molecule has 0 amide bonds. The van der Waals surface area contributed by atoms with E-state index in [4.69, 9.17) is 0 Å². The maximum absolute atomic E-state index is 3.65. The van der Waals surface area contributed by atoms with Crippen LogP contribution in [0.25, 0.3) is 0 Å². The van der Waals surface area contributed by atoms with Crippen LogP contribution in [-0.2, 0) is 0 Å². The van der Waals surface area contributed by atoms with Gasteiger partial charge in [0.05, 0.1) is 0 Å². The fraction of sp³-hybridized carbons (Fsp3) is 1.00. The van der Waals surface area contributed by atoms with Crippen LogP contribution in [0.4, 0.5) is 0 Å².